The molecule has 0 aromatic heterocycles. The fraction of sp³-hybridized carbons (Fsp3) is 0.333. The third kappa shape index (κ3) is 3.62. The largest absolute Gasteiger partial charge is 0.491 e. The Bertz CT molecular complexity index is 288. The Kier molecular flexibility index (Phi) is 4.20. The zero-order valence-electron chi connectivity index (χ0n) is 8.73. The van der Waals surface area contributed by atoms with E-state index in [4.69, 9.17) is 10.5 Å². The third-order valence-corrected chi connectivity index (χ3v) is 1.70. The maximum absolute atomic E-state index is 5.52. The Balaban J connectivity index is 2.64. The van der Waals surface area contributed by atoms with Crippen molar-refractivity contribution in [3.8, 4) is 5.75 Å². The van der Waals surface area contributed by atoms with Crippen LogP contribution in [0.4, 0.5) is 0 Å². The fourth-order valence-electron chi connectivity index (χ4n) is 1.13. The van der Waals surface area contributed by atoms with Crippen molar-refractivity contribution < 1.29 is 4.74 Å². The van der Waals surface area contributed by atoms with Gasteiger partial charge in [-0.2, -0.15) is 0 Å². The van der Waals surface area contributed by atoms with Gasteiger partial charge in [-0.1, -0.05) is 24.3 Å². The summed E-state index contributed by atoms with van der Waals surface area (Å²) in [7, 11) is 0. The minimum absolute atomic E-state index is 0.223. The number of rotatable bonds is 4. The Morgan fingerprint density at radius 2 is 1.93 bits per heavy atom. The molecule has 0 atom stereocenters. The molecule has 0 bridgehead atoms. The molecule has 0 aliphatic carbocycles. The lowest BCUT2D eigenvalue weighted by molar-refractivity contribution is 0.242. The van der Waals surface area contributed by atoms with Crippen molar-refractivity contribution in [2.45, 2.75) is 20.0 Å². The predicted molar refractivity (Wildman–Crippen MR) is 60.3 cm³/mol. The molecule has 0 fully saturated rings. The summed E-state index contributed by atoms with van der Waals surface area (Å²) in [5, 5.41) is 0. The summed E-state index contributed by atoms with van der Waals surface area (Å²) in [5.74, 6) is 0.907. The van der Waals surface area contributed by atoms with Gasteiger partial charge < -0.3 is 10.5 Å². The molecule has 0 spiro atoms. The lowest BCUT2D eigenvalue weighted by Gasteiger charge is -2.09. The SMILES string of the molecule is CC(C)Oc1ccc(/C=C/CN)cc1. The molecule has 0 unspecified atom stereocenters. The Morgan fingerprint density at radius 3 is 2.43 bits per heavy atom. The summed E-state index contributed by atoms with van der Waals surface area (Å²) in [6.45, 7) is 4.61. The number of hydrogen-bond donors (Lipinski definition) is 1. The van der Waals surface area contributed by atoms with E-state index >= 15 is 0 Å². The van der Waals surface area contributed by atoms with E-state index in [0.29, 0.717) is 6.54 Å². The minimum Gasteiger partial charge on any atom is -0.491 e. The van der Waals surface area contributed by atoms with E-state index in [9.17, 15) is 0 Å². The van der Waals surface area contributed by atoms with Gasteiger partial charge in [-0.15, -0.1) is 0 Å². The number of nitrogens with two attached hydrogens (primary N) is 1. The van der Waals surface area contributed by atoms with Gasteiger partial charge in [0.05, 0.1) is 6.10 Å². The zero-order chi connectivity index (χ0) is 10.4. The van der Waals surface area contributed by atoms with Crippen LogP contribution in [0.1, 0.15) is 19.4 Å². The summed E-state index contributed by atoms with van der Waals surface area (Å²) in [5.41, 5.74) is 6.51. The highest BCUT2D eigenvalue weighted by Crippen LogP contribution is 2.14. The van der Waals surface area contributed by atoms with Crippen molar-refractivity contribution in [3.05, 3.63) is 35.9 Å². The van der Waals surface area contributed by atoms with Gasteiger partial charge in [0.1, 0.15) is 5.75 Å². The van der Waals surface area contributed by atoms with E-state index in [2.05, 4.69) is 0 Å². The van der Waals surface area contributed by atoms with Crippen LogP contribution < -0.4 is 10.5 Å². The van der Waals surface area contributed by atoms with Crippen molar-refractivity contribution in [2.24, 2.45) is 5.73 Å². The highest BCUT2D eigenvalue weighted by atomic mass is 16.5. The quantitative estimate of drug-likeness (QED) is 0.793. The maximum Gasteiger partial charge on any atom is 0.119 e. The van der Waals surface area contributed by atoms with Gasteiger partial charge in [0.25, 0.3) is 0 Å². The molecule has 0 radical (unpaired) electrons. The molecule has 1 aromatic carbocycles. The molecule has 0 aliphatic rings. The van der Waals surface area contributed by atoms with Crippen molar-refractivity contribution in [1.29, 1.82) is 0 Å². The topological polar surface area (TPSA) is 35.2 Å². The summed E-state index contributed by atoms with van der Waals surface area (Å²) < 4.78 is 5.52. The molecule has 14 heavy (non-hydrogen) atoms. The number of benzene rings is 1. The van der Waals surface area contributed by atoms with Crippen LogP contribution in [0.3, 0.4) is 0 Å². The smallest absolute Gasteiger partial charge is 0.119 e. The summed E-state index contributed by atoms with van der Waals surface area (Å²) >= 11 is 0. The van der Waals surface area contributed by atoms with Gasteiger partial charge >= 0.3 is 0 Å². The van der Waals surface area contributed by atoms with Gasteiger partial charge in [0.2, 0.25) is 0 Å². The molecule has 2 nitrogen and oxygen atoms in total. The Labute approximate surface area is 85.4 Å². The van der Waals surface area contributed by atoms with Gasteiger partial charge in [-0.3, -0.25) is 0 Å². The maximum atomic E-state index is 5.52. The van der Waals surface area contributed by atoms with Crippen LogP contribution in [-0.4, -0.2) is 12.6 Å². The number of ether oxygens (including phenoxy) is 1. The van der Waals surface area contributed by atoms with Crippen LogP contribution in [0.2, 0.25) is 0 Å². The summed E-state index contributed by atoms with van der Waals surface area (Å²) in [6.07, 6.45) is 4.15. The second kappa shape index (κ2) is 5.45. The second-order valence-corrected chi connectivity index (χ2v) is 3.37. The molecule has 1 rings (SSSR count). The molecule has 1 aromatic rings. The van der Waals surface area contributed by atoms with E-state index < -0.39 is 0 Å². The molecule has 0 aliphatic heterocycles. The minimum atomic E-state index is 0.223. The normalized spacial score (nSPS) is 11.1. The van der Waals surface area contributed by atoms with E-state index in [1.165, 1.54) is 0 Å². The van der Waals surface area contributed by atoms with E-state index in [-0.39, 0.29) is 6.10 Å². The first kappa shape index (κ1) is 10.8. The monoisotopic (exact) mass is 191 g/mol. The zero-order valence-corrected chi connectivity index (χ0v) is 8.73. The third-order valence-electron chi connectivity index (χ3n) is 1.70. The summed E-state index contributed by atoms with van der Waals surface area (Å²) in [6, 6.07) is 7.97. The molecule has 76 valence electrons. The van der Waals surface area contributed by atoms with Crippen molar-refractivity contribution in [3.63, 3.8) is 0 Å². The first-order chi connectivity index (χ1) is 6.72. The first-order valence-corrected chi connectivity index (χ1v) is 4.85. The van der Waals surface area contributed by atoms with E-state index in [1.54, 1.807) is 0 Å². The average Bonchev–Trinajstić information content (AvgIpc) is 2.16. The Hall–Kier alpha value is -1.28. The van der Waals surface area contributed by atoms with Gasteiger partial charge in [0.15, 0.2) is 0 Å². The molecule has 2 heteroatoms. The summed E-state index contributed by atoms with van der Waals surface area (Å²) in [4.78, 5) is 0. The molecule has 0 heterocycles. The molecule has 2 N–H and O–H groups in total. The van der Waals surface area contributed by atoms with Crippen LogP contribution in [0, 0.1) is 0 Å². The molecular weight excluding hydrogens is 174 g/mol. The van der Waals surface area contributed by atoms with Crippen molar-refractivity contribution >= 4 is 6.08 Å². The fourth-order valence-corrected chi connectivity index (χ4v) is 1.13. The predicted octanol–water partition coefficient (Wildman–Crippen LogP) is 2.45. The van der Waals surface area contributed by atoms with Gasteiger partial charge in [0, 0.05) is 6.54 Å². The van der Waals surface area contributed by atoms with E-state index in [0.717, 1.165) is 11.3 Å². The molecule has 0 saturated heterocycles. The van der Waals surface area contributed by atoms with Crippen molar-refractivity contribution in [1.82, 2.24) is 0 Å². The lowest BCUT2D eigenvalue weighted by Crippen LogP contribution is -2.05. The average molecular weight is 191 g/mol. The second-order valence-electron chi connectivity index (χ2n) is 3.37. The Morgan fingerprint density at radius 1 is 1.29 bits per heavy atom. The standard InChI is InChI=1S/C12H17NO/c1-10(2)14-12-7-5-11(6-8-12)4-3-9-13/h3-8,10H,9,13H2,1-2H3/b4-3+. The van der Waals surface area contributed by atoms with E-state index in [1.807, 2.05) is 50.3 Å². The molecular formula is C12H17NO. The highest BCUT2D eigenvalue weighted by Gasteiger charge is 1.95. The van der Waals surface area contributed by atoms with Crippen LogP contribution in [-0.2, 0) is 0 Å². The first-order valence-electron chi connectivity index (χ1n) is 4.85. The van der Waals surface area contributed by atoms with Gasteiger partial charge in [-0.25, -0.2) is 0 Å². The van der Waals surface area contributed by atoms with Crippen LogP contribution in [0.15, 0.2) is 30.3 Å². The van der Waals surface area contributed by atoms with Crippen LogP contribution >= 0.6 is 0 Å². The molecule has 0 saturated carbocycles. The van der Waals surface area contributed by atoms with Crippen LogP contribution in [0.25, 0.3) is 6.08 Å². The lowest BCUT2D eigenvalue weighted by atomic mass is 10.2. The van der Waals surface area contributed by atoms with Crippen molar-refractivity contribution in [2.75, 3.05) is 6.54 Å². The van der Waals surface area contributed by atoms with Gasteiger partial charge in [-0.05, 0) is 31.5 Å². The number of hydrogen-bond acceptors (Lipinski definition) is 2. The molecule has 0 amide bonds. The highest BCUT2D eigenvalue weighted by molar-refractivity contribution is 5.50. The van der Waals surface area contributed by atoms with Crippen LogP contribution in [0.5, 0.6) is 5.75 Å².